The van der Waals surface area contributed by atoms with Crippen LogP contribution in [-0.4, -0.2) is 25.3 Å². The van der Waals surface area contributed by atoms with E-state index in [1.54, 1.807) is 26.3 Å². The summed E-state index contributed by atoms with van der Waals surface area (Å²) in [7, 11) is 3.27. The lowest BCUT2D eigenvalue weighted by Crippen LogP contribution is -2.36. The second-order valence-corrected chi connectivity index (χ2v) is 5.88. The van der Waals surface area contributed by atoms with Crippen molar-refractivity contribution in [2.75, 3.05) is 14.2 Å². The van der Waals surface area contributed by atoms with Gasteiger partial charge in [-0.1, -0.05) is 25.1 Å². The van der Waals surface area contributed by atoms with Crippen LogP contribution in [0.2, 0.25) is 0 Å². The van der Waals surface area contributed by atoms with Gasteiger partial charge in [0.2, 0.25) is 0 Å². The number of hydrogen-bond donors (Lipinski definition) is 2. The van der Waals surface area contributed by atoms with E-state index in [1.807, 2.05) is 6.92 Å². The topological polar surface area (TPSA) is 71.7 Å². The van der Waals surface area contributed by atoms with Gasteiger partial charge in [-0.05, 0) is 24.1 Å². The maximum absolute atomic E-state index is 13.7. The van der Waals surface area contributed by atoms with Gasteiger partial charge in [0, 0.05) is 44.8 Å². The number of aliphatic imine (C=N–C) groups is 1. The van der Waals surface area contributed by atoms with Gasteiger partial charge in [-0.25, -0.2) is 4.39 Å². The number of guanidine groups is 1. The van der Waals surface area contributed by atoms with Crippen molar-refractivity contribution in [3.63, 3.8) is 0 Å². The summed E-state index contributed by atoms with van der Waals surface area (Å²) in [6, 6.07) is 5.00. The summed E-state index contributed by atoms with van der Waals surface area (Å²) >= 11 is 0. The number of aromatic nitrogens is 1. The Labute approximate surface area is 153 Å². The minimum atomic E-state index is -0.259. The maximum Gasteiger partial charge on any atom is 0.191 e. The zero-order valence-corrected chi connectivity index (χ0v) is 15.9. The first-order valence-electron chi connectivity index (χ1n) is 8.79. The van der Waals surface area contributed by atoms with E-state index in [-0.39, 0.29) is 12.4 Å². The summed E-state index contributed by atoms with van der Waals surface area (Å²) in [5.74, 6) is 1.30. The number of nitrogens with one attached hydrogen (secondary N) is 2. The highest BCUT2D eigenvalue weighted by Gasteiger charge is 2.13. The lowest BCUT2D eigenvalue weighted by Gasteiger charge is -2.13. The van der Waals surface area contributed by atoms with Crippen molar-refractivity contribution in [3.8, 4) is 0 Å². The highest BCUT2D eigenvalue weighted by Crippen LogP contribution is 2.15. The molecule has 0 fully saturated rings. The molecular weight excluding hydrogens is 335 g/mol. The standard InChI is InChI=1S/C19H27FN4O2/c1-5-17-15(18(6-2)26-24-17)11-23-19(21-3)22-10-13-7-8-16(20)14(9-13)12-25-4/h7-9H,5-6,10-12H2,1-4H3,(H2,21,22,23). The summed E-state index contributed by atoms with van der Waals surface area (Å²) in [5, 5.41) is 10.6. The molecule has 1 aromatic heterocycles. The highest BCUT2D eigenvalue weighted by atomic mass is 19.1. The van der Waals surface area contributed by atoms with Crippen LogP contribution in [0.1, 0.15) is 42.0 Å². The molecule has 2 aromatic rings. The smallest absolute Gasteiger partial charge is 0.191 e. The third-order valence-electron chi connectivity index (χ3n) is 4.13. The Balaban J connectivity index is 1.96. The molecule has 0 unspecified atom stereocenters. The summed E-state index contributed by atoms with van der Waals surface area (Å²) in [4.78, 5) is 4.23. The molecule has 0 aliphatic rings. The first-order chi connectivity index (χ1) is 12.6. The Hall–Kier alpha value is -2.41. The van der Waals surface area contributed by atoms with Crippen LogP contribution in [0.4, 0.5) is 4.39 Å². The summed E-state index contributed by atoms with van der Waals surface area (Å²) in [6.45, 7) is 5.47. The molecule has 0 radical (unpaired) electrons. The van der Waals surface area contributed by atoms with Crippen LogP contribution in [0.15, 0.2) is 27.7 Å². The number of methoxy groups -OCH3 is 1. The second kappa shape index (κ2) is 9.91. The monoisotopic (exact) mass is 362 g/mol. The van der Waals surface area contributed by atoms with Crippen LogP contribution in [0.25, 0.3) is 0 Å². The van der Waals surface area contributed by atoms with Gasteiger partial charge in [0.25, 0.3) is 0 Å². The van der Waals surface area contributed by atoms with Crippen molar-refractivity contribution >= 4 is 5.96 Å². The summed E-state index contributed by atoms with van der Waals surface area (Å²) in [5.41, 5.74) is 3.55. The van der Waals surface area contributed by atoms with Gasteiger partial charge in [-0.15, -0.1) is 0 Å². The number of aryl methyl sites for hydroxylation is 2. The summed E-state index contributed by atoms with van der Waals surface area (Å²) in [6.07, 6.45) is 1.62. The van der Waals surface area contributed by atoms with Gasteiger partial charge >= 0.3 is 0 Å². The zero-order chi connectivity index (χ0) is 18.9. The van der Waals surface area contributed by atoms with Crippen LogP contribution < -0.4 is 10.6 Å². The van der Waals surface area contributed by atoms with E-state index in [1.165, 1.54) is 6.07 Å². The molecule has 26 heavy (non-hydrogen) atoms. The lowest BCUT2D eigenvalue weighted by molar-refractivity contribution is 0.181. The predicted octanol–water partition coefficient (Wildman–Crippen LogP) is 2.95. The Kier molecular flexibility index (Phi) is 7.59. The SMILES string of the molecule is CCc1noc(CC)c1CNC(=NC)NCc1ccc(F)c(COC)c1. The van der Waals surface area contributed by atoms with E-state index in [0.29, 0.717) is 24.6 Å². The first-order valence-corrected chi connectivity index (χ1v) is 8.79. The molecule has 1 aromatic carbocycles. The number of benzene rings is 1. The second-order valence-electron chi connectivity index (χ2n) is 5.88. The van der Waals surface area contributed by atoms with Crippen LogP contribution in [0.5, 0.6) is 0 Å². The Morgan fingerprint density at radius 1 is 1.23 bits per heavy atom. The number of nitrogens with zero attached hydrogens (tertiary/aromatic N) is 2. The average molecular weight is 362 g/mol. The summed E-state index contributed by atoms with van der Waals surface area (Å²) < 4.78 is 24.1. The van der Waals surface area contributed by atoms with E-state index in [0.717, 1.165) is 35.4 Å². The quantitative estimate of drug-likeness (QED) is 0.558. The van der Waals surface area contributed by atoms with Crippen LogP contribution in [0, 0.1) is 5.82 Å². The number of ether oxygens (including phenoxy) is 1. The molecule has 0 aliphatic carbocycles. The molecule has 7 heteroatoms. The van der Waals surface area contributed by atoms with Crippen LogP contribution >= 0.6 is 0 Å². The molecule has 6 nitrogen and oxygen atoms in total. The molecule has 0 spiro atoms. The third kappa shape index (κ3) is 5.05. The van der Waals surface area contributed by atoms with Gasteiger partial charge in [-0.3, -0.25) is 4.99 Å². The predicted molar refractivity (Wildman–Crippen MR) is 99.4 cm³/mol. The fourth-order valence-electron chi connectivity index (χ4n) is 2.72. The largest absolute Gasteiger partial charge is 0.380 e. The van der Waals surface area contributed by atoms with E-state index >= 15 is 0 Å². The first kappa shape index (κ1) is 19.9. The third-order valence-corrected chi connectivity index (χ3v) is 4.13. The molecule has 0 saturated carbocycles. The van der Waals surface area contributed by atoms with Gasteiger partial charge in [0.1, 0.15) is 11.6 Å². The van der Waals surface area contributed by atoms with Crippen molar-refractivity contribution in [1.82, 2.24) is 15.8 Å². The van der Waals surface area contributed by atoms with E-state index in [9.17, 15) is 4.39 Å². The molecule has 0 atom stereocenters. The minimum Gasteiger partial charge on any atom is -0.380 e. The molecule has 1 heterocycles. The van der Waals surface area contributed by atoms with Crippen molar-refractivity contribution in [2.45, 2.75) is 46.4 Å². The molecule has 142 valence electrons. The zero-order valence-electron chi connectivity index (χ0n) is 15.9. The Morgan fingerprint density at radius 3 is 2.65 bits per heavy atom. The van der Waals surface area contributed by atoms with Gasteiger partial charge in [0.05, 0.1) is 12.3 Å². The molecule has 2 N–H and O–H groups in total. The van der Waals surface area contributed by atoms with Crippen molar-refractivity contribution in [3.05, 3.63) is 52.2 Å². The maximum atomic E-state index is 13.7. The Morgan fingerprint density at radius 2 is 2.00 bits per heavy atom. The Bertz CT molecular complexity index is 722. The fraction of sp³-hybridized carbons (Fsp3) is 0.474. The lowest BCUT2D eigenvalue weighted by atomic mass is 10.1. The van der Waals surface area contributed by atoms with Crippen LogP contribution in [-0.2, 0) is 37.3 Å². The van der Waals surface area contributed by atoms with E-state index < -0.39 is 0 Å². The molecule has 2 rings (SSSR count). The normalized spacial score (nSPS) is 11.7. The van der Waals surface area contributed by atoms with Gasteiger partial charge in [-0.2, -0.15) is 0 Å². The van der Waals surface area contributed by atoms with Crippen LogP contribution in [0.3, 0.4) is 0 Å². The highest BCUT2D eigenvalue weighted by molar-refractivity contribution is 5.79. The average Bonchev–Trinajstić information content (AvgIpc) is 3.06. The molecule has 0 bridgehead atoms. The molecule has 0 amide bonds. The van der Waals surface area contributed by atoms with Gasteiger partial charge < -0.3 is 19.9 Å². The van der Waals surface area contributed by atoms with Crippen molar-refractivity contribution in [1.29, 1.82) is 0 Å². The van der Waals surface area contributed by atoms with Crippen molar-refractivity contribution < 1.29 is 13.7 Å². The number of halogens is 1. The van der Waals surface area contributed by atoms with Gasteiger partial charge in [0.15, 0.2) is 5.96 Å². The number of hydrogen-bond acceptors (Lipinski definition) is 4. The van der Waals surface area contributed by atoms with E-state index in [4.69, 9.17) is 9.26 Å². The molecule has 0 saturated heterocycles. The van der Waals surface area contributed by atoms with Crippen molar-refractivity contribution in [2.24, 2.45) is 4.99 Å². The molecular formula is C19H27FN4O2. The van der Waals surface area contributed by atoms with E-state index in [2.05, 4.69) is 27.7 Å². The number of rotatable bonds is 8. The minimum absolute atomic E-state index is 0.250. The molecule has 0 aliphatic heterocycles. The fourth-order valence-corrected chi connectivity index (χ4v) is 2.72.